The minimum atomic E-state index is 0.370. The number of likely N-dealkylation sites (N-methyl/N-ethyl adjacent to an activating group) is 1. The number of nitrogen functional groups attached to an aromatic ring is 1. The van der Waals surface area contributed by atoms with Crippen LogP contribution >= 0.6 is 11.6 Å². The number of benzene rings is 2. The average molecular weight is 273 g/mol. The maximum absolute atomic E-state index is 6.12. The van der Waals surface area contributed by atoms with Crippen molar-refractivity contribution in [1.82, 2.24) is 4.90 Å². The molecule has 3 heteroatoms. The first-order chi connectivity index (χ1) is 9.15. The third kappa shape index (κ3) is 2.34. The van der Waals surface area contributed by atoms with E-state index in [9.17, 15) is 0 Å². The van der Waals surface area contributed by atoms with Crippen LogP contribution in [0, 0.1) is 0 Å². The Kier molecular flexibility index (Phi) is 3.21. The summed E-state index contributed by atoms with van der Waals surface area (Å²) in [6, 6.07) is 14.4. The molecule has 0 bridgehead atoms. The molecule has 0 saturated carbocycles. The van der Waals surface area contributed by atoms with E-state index >= 15 is 0 Å². The second-order valence-corrected chi connectivity index (χ2v) is 5.65. The molecule has 2 nitrogen and oxygen atoms in total. The zero-order chi connectivity index (χ0) is 13.4. The van der Waals surface area contributed by atoms with Crippen molar-refractivity contribution in [3.8, 4) is 0 Å². The number of halogens is 1. The zero-order valence-corrected chi connectivity index (χ0v) is 11.7. The summed E-state index contributed by atoms with van der Waals surface area (Å²) in [5, 5.41) is 0.778. The highest BCUT2D eigenvalue weighted by Crippen LogP contribution is 2.35. The lowest BCUT2D eigenvalue weighted by atomic mass is 9.84. The number of hydrogen-bond acceptors (Lipinski definition) is 2. The highest BCUT2D eigenvalue weighted by Gasteiger charge is 2.25. The summed E-state index contributed by atoms with van der Waals surface area (Å²) in [6.07, 6.45) is 0. The molecule has 2 aromatic carbocycles. The summed E-state index contributed by atoms with van der Waals surface area (Å²) in [6.45, 7) is 1.93. The van der Waals surface area contributed by atoms with E-state index in [1.165, 1.54) is 16.7 Å². The fourth-order valence-corrected chi connectivity index (χ4v) is 2.98. The summed E-state index contributed by atoms with van der Waals surface area (Å²) in [7, 11) is 2.14. The molecule has 0 spiro atoms. The molecule has 0 aliphatic carbocycles. The first kappa shape index (κ1) is 12.5. The minimum absolute atomic E-state index is 0.370. The fourth-order valence-electron chi connectivity index (χ4n) is 2.86. The maximum atomic E-state index is 6.12. The molecule has 0 aromatic heterocycles. The number of anilines is 1. The summed E-state index contributed by atoms with van der Waals surface area (Å²) in [5.74, 6) is 0.370. The van der Waals surface area contributed by atoms with Crippen molar-refractivity contribution in [2.24, 2.45) is 0 Å². The predicted molar refractivity (Wildman–Crippen MR) is 80.5 cm³/mol. The van der Waals surface area contributed by atoms with Gasteiger partial charge in [-0.05, 0) is 41.9 Å². The highest BCUT2D eigenvalue weighted by atomic mass is 35.5. The number of nitrogens with zero attached hydrogens (tertiary/aromatic N) is 1. The van der Waals surface area contributed by atoms with Gasteiger partial charge in [0.1, 0.15) is 0 Å². The molecule has 0 radical (unpaired) electrons. The Balaban J connectivity index is 2.08. The van der Waals surface area contributed by atoms with Gasteiger partial charge in [-0.3, -0.25) is 0 Å². The summed E-state index contributed by atoms with van der Waals surface area (Å²) < 4.78 is 0. The quantitative estimate of drug-likeness (QED) is 0.805. The SMILES string of the molecule is CN1Cc2c(N)cccc2C(c2ccc(Cl)cc2)C1. The zero-order valence-electron chi connectivity index (χ0n) is 10.9. The van der Waals surface area contributed by atoms with Crippen LogP contribution in [0.4, 0.5) is 5.69 Å². The Labute approximate surface area is 118 Å². The van der Waals surface area contributed by atoms with Crippen LogP contribution in [-0.2, 0) is 6.54 Å². The second kappa shape index (κ2) is 4.87. The van der Waals surface area contributed by atoms with Crippen molar-refractivity contribution in [2.45, 2.75) is 12.5 Å². The van der Waals surface area contributed by atoms with Crippen molar-refractivity contribution in [3.05, 3.63) is 64.2 Å². The van der Waals surface area contributed by atoms with Gasteiger partial charge in [0.2, 0.25) is 0 Å². The first-order valence-electron chi connectivity index (χ1n) is 6.46. The van der Waals surface area contributed by atoms with E-state index in [-0.39, 0.29) is 0 Å². The van der Waals surface area contributed by atoms with E-state index in [1.807, 2.05) is 24.3 Å². The van der Waals surface area contributed by atoms with Gasteiger partial charge < -0.3 is 10.6 Å². The van der Waals surface area contributed by atoms with Crippen LogP contribution in [0.2, 0.25) is 5.02 Å². The molecular formula is C16H17ClN2. The Morgan fingerprint density at radius 3 is 2.63 bits per heavy atom. The van der Waals surface area contributed by atoms with Gasteiger partial charge in [-0.2, -0.15) is 0 Å². The maximum Gasteiger partial charge on any atom is 0.0406 e. The molecule has 1 heterocycles. The third-order valence-electron chi connectivity index (χ3n) is 3.82. The summed E-state index contributed by atoms with van der Waals surface area (Å²) >= 11 is 5.97. The molecule has 0 amide bonds. The summed E-state index contributed by atoms with van der Waals surface area (Å²) in [5.41, 5.74) is 10.9. The van der Waals surface area contributed by atoms with Crippen LogP contribution in [0.1, 0.15) is 22.6 Å². The second-order valence-electron chi connectivity index (χ2n) is 5.22. The van der Waals surface area contributed by atoms with Crippen molar-refractivity contribution in [1.29, 1.82) is 0 Å². The van der Waals surface area contributed by atoms with Crippen LogP contribution in [0.5, 0.6) is 0 Å². The van der Waals surface area contributed by atoms with Crippen LogP contribution in [0.15, 0.2) is 42.5 Å². The Morgan fingerprint density at radius 1 is 1.16 bits per heavy atom. The smallest absolute Gasteiger partial charge is 0.0406 e. The Bertz CT molecular complexity index is 592. The molecule has 1 aliphatic heterocycles. The van der Waals surface area contributed by atoms with Crippen LogP contribution in [0.3, 0.4) is 0 Å². The van der Waals surface area contributed by atoms with Gasteiger partial charge in [0.15, 0.2) is 0 Å². The van der Waals surface area contributed by atoms with Crippen LogP contribution in [0.25, 0.3) is 0 Å². The Hall–Kier alpha value is -1.51. The van der Waals surface area contributed by atoms with Crippen LogP contribution < -0.4 is 5.73 Å². The van der Waals surface area contributed by atoms with E-state index < -0.39 is 0 Å². The number of nitrogens with two attached hydrogens (primary N) is 1. The highest BCUT2D eigenvalue weighted by molar-refractivity contribution is 6.30. The molecule has 1 unspecified atom stereocenters. The van der Waals surface area contributed by atoms with Crippen LogP contribution in [-0.4, -0.2) is 18.5 Å². The molecule has 2 aromatic rings. The molecule has 3 rings (SSSR count). The molecule has 0 saturated heterocycles. The third-order valence-corrected chi connectivity index (χ3v) is 4.07. The van der Waals surface area contributed by atoms with Gasteiger partial charge in [0.25, 0.3) is 0 Å². The monoisotopic (exact) mass is 272 g/mol. The van der Waals surface area contributed by atoms with E-state index in [0.717, 1.165) is 23.8 Å². The lowest BCUT2D eigenvalue weighted by molar-refractivity contribution is 0.296. The topological polar surface area (TPSA) is 29.3 Å². The largest absolute Gasteiger partial charge is 0.398 e. The molecule has 19 heavy (non-hydrogen) atoms. The van der Waals surface area contributed by atoms with E-state index in [0.29, 0.717) is 5.92 Å². The van der Waals surface area contributed by atoms with Gasteiger partial charge in [-0.15, -0.1) is 0 Å². The van der Waals surface area contributed by atoms with Gasteiger partial charge in [-0.1, -0.05) is 35.9 Å². The summed E-state index contributed by atoms with van der Waals surface area (Å²) in [4.78, 5) is 2.32. The van der Waals surface area contributed by atoms with Gasteiger partial charge in [-0.25, -0.2) is 0 Å². The predicted octanol–water partition coefficient (Wildman–Crippen LogP) is 3.50. The van der Waals surface area contributed by atoms with Crippen molar-refractivity contribution < 1.29 is 0 Å². The van der Waals surface area contributed by atoms with Crippen molar-refractivity contribution in [3.63, 3.8) is 0 Å². The lowest BCUT2D eigenvalue weighted by Crippen LogP contribution is -2.31. The fraction of sp³-hybridized carbons (Fsp3) is 0.250. The average Bonchev–Trinajstić information content (AvgIpc) is 2.40. The standard InChI is InChI=1S/C16H17ClN2/c1-19-9-14(11-5-7-12(17)8-6-11)13-3-2-4-16(18)15(13)10-19/h2-8,14H,9-10,18H2,1H3. The van der Waals surface area contributed by atoms with Gasteiger partial charge >= 0.3 is 0 Å². The first-order valence-corrected chi connectivity index (χ1v) is 6.84. The molecular weight excluding hydrogens is 256 g/mol. The normalized spacial score (nSPS) is 19.2. The number of hydrogen-bond donors (Lipinski definition) is 1. The van der Waals surface area contributed by atoms with Crippen molar-refractivity contribution >= 4 is 17.3 Å². The number of fused-ring (bicyclic) bond motifs is 1. The lowest BCUT2D eigenvalue weighted by Gasteiger charge is -2.33. The molecule has 98 valence electrons. The molecule has 2 N–H and O–H groups in total. The minimum Gasteiger partial charge on any atom is -0.398 e. The van der Waals surface area contributed by atoms with Crippen molar-refractivity contribution in [2.75, 3.05) is 19.3 Å². The van der Waals surface area contributed by atoms with E-state index in [2.05, 4.69) is 30.1 Å². The molecule has 0 fully saturated rings. The van der Waals surface area contributed by atoms with E-state index in [1.54, 1.807) is 0 Å². The van der Waals surface area contributed by atoms with Gasteiger partial charge in [0, 0.05) is 29.7 Å². The van der Waals surface area contributed by atoms with E-state index in [4.69, 9.17) is 17.3 Å². The molecule has 1 aliphatic rings. The van der Waals surface area contributed by atoms with Gasteiger partial charge in [0.05, 0.1) is 0 Å². The Morgan fingerprint density at radius 2 is 1.89 bits per heavy atom. The molecule has 1 atom stereocenters. The number of rotatable bonds is 1.